The molecule has 2 aromatic carbocycles. The van der Waals surface area contributed by atoms with E-state index >= 15 is 0 Å². The van der Waals surface area contributed by atoms with E-state index in [1.54, 1.807) is 30.3 Å². The summed E-state index contributed by atoms with van der Waals surface area (Å²) in [7, 11) is 0. The molecule has 2 aromatic rings. The fourth-order valence-corrected chi connectivity index (χ4v) is 2.21. The minimum absolute atomic E-state index is 0.144. The number of ether oxygens (including phenoxy) is 1. The molecule has 126 valence electrons. The monoisotopic (exact) mass is 326 g/mol. The Hall–Kier alpha value is -2.82. The van der Waals surface area contributed by atoms with Crippen molar-refractivity contribution in [1.29, 1.82) is 0 Å². The van der Waals surface area contributed by atoms with Gasteiger partial charge >= 0.3 is 0 Å². The lowest BCUT2D eigenvalue weighted by Gasteiger charge is -2.08. The van der Waals surface area contributed by atoms with Gasteiger partial charge in [0.2, 0.25) is 0 Å². The first-order valence-corrected chi connectivity index (χ1v) is 7.96. The number of hydrogen-bond acceptors (Lipinski definition) is 3. The molecule has 0 bridgehead atoms. The molecule has 0 fully saturated rings. The Balaban J connectivity index is 1.75. The van der Waals surface area contributed by atoms with E-state index in [0.29, 0.717) is 30.8 Å². The highest BCUT2D eigenvalue weighted by Gasteiger charge is 2.07. The van der Waals surface area contributed by atoms with E-state index in [-0.39, 0.29) is 11.8 Å². The summed E-state index contributed by atoms with van der Waals surface area (Å²) in [6, 6.07) is 14.3. The quantitative estimate of drug-likeness (QED) is 0.769. The molecule has 0 saturated heterocycles. The first kappa shape index (κ1) is 17.5. The average Bonchev–Trinajstić information content (AvgIpc) is 2.59. The van der Waals surface area contributed by atoms with Crippen LogP contribution in [0.4, 0.5) is 0 Å². The topological polar surface area (TPSA) is 67.4 Å². The molecule has 5 nitrogen and oxygen atoms in total. The molecule has 5 heteroatoms. The Morgan fingerprint density at radius 2 is 1.54 bits per heavy atom. The second kappa shape index (κ2) is 8.72. The van der Waals surface area contributed by atoms with Crippen molar-refractivity contribution in [2.75, 3.05) is 19.7 Å². The van der Waals surface area contributed by atoms with Crippen molar-refractivity contribution in [2.45, 2.75) is 13.8 Å². The number of benzene rings is 2. The summed E-state index contributed by atoms with van der Waals surface area (Å²) >= 11 is 0. The van der Waals surface area contributed by atoms with E-state index in [1.807, 2.05) is 32.0 Å². The zero-order valence-corrected chi connectivity index (χ0v) is 14.0. The number of rotatable bonds is 7. The highest BCUT2D eigenvalue weighted by atomic mass is 16.5. The van der Waals surface area contributed by atoms with Crippen LogP contribution in [0.15, 0.2) is 48.5 Å². The fourth-order valence-electron chi connectivity index (χ4n) is 2.21. The van der Waals surface area contributed by atoms with Gasteiger partial charge in [-0.3, -0.25) is 9.59 Å². The summed E-state index contributed by atoms with van der Waals surface area (Å²) in [5, 5.41) is 5.56. The van der Waals surface area contributed by atoms with Gasteiger partial charge in [-0.25, -0.2) is 0 Å². The molecule has 0 aliphatic rings. The van der Waals surface area contributed by atoms with E-state index in [0.717, 1.165) is 11.3 Å². The normalized spacial score (nSPS) is 10.1. The van der Waals surface area contributed by atoms with Gasteiger partial charge in [-0.15, -0.1) is 0 Å². The number of aryl methyl sites for hydroxylation is 1. The van der Waals surface area contributed by atoms with Crippen LogP contribution in [0.25, 0.3) is 0 Å². The van der Waals surface area contributed by atoms with Gasteiger partial charge in [0.05, 0.1) is 6.61 Å². The van der Waals surface area contributed by atoms with E-state index in [2.05, 4.69) is 10.6 Å². The van der Waals surface area contributed by atoms with Gasteiger partial charge in [-0.1, -0.05) is 17.7 Å². The Labute approximate surface area is 142 Å². The van der Waals surface area contributed by atoms with Gasteiger partial charge in [0.25, 0.3) is 11.8 Å². The Morgan fingerprint density at radius 3 is 2.12 bits per heavy atom. The van der Waals surface area contributed by atoms with Crippen LogP contribution >= 0.6 is 0 Å². The van der Waals surface area contributed by atoms with Crippen molar-refractivity contribution < 1.29 is 14.3 Å². The van der Waals surface area contributed by atoms with Crippen LogP contribution in [0.3, 0.4) is 0 Å². The number of amides is 2. The average molecular weight is 326 g/mol. The molecular formula is C19H22N2O3. The summed E-state index contributed by atoms with van der Waals surface area (Å²) in [6.07, 6.45) is 0. The lowest BCUT2D eigenvalue weighted by atomic mass is 10.1. The van der Waals surface area contributed by atoms with Crippen molar-refractivity contribution in [2.24, 2.45) is 0 Å². The summed E-state index contributed by atoms with van der Waals surface area (Å²) in [5.41, 5.74) is 2.21. The minimum atomic E-state index is -0.178. The standard InChI is InChI=1S/C19H22N2O3/c1-3-24-17-9-7-15(8-10-17)18(22)20-11-12-21-19(23)16-6-4-5-14(2)13-16/h4-10,13H,3,11-12H2,1-2H3,(H,20,22)(H,21,23). The molecule has 0 heterocycles. The van der Waals surface area contributed by atoms with Gasteiger partial charge in [-0.05, 0) is 50.2 Å². The van der Waals surface area contributed by atoms with Crippen LogP contribution in [0.5, 0.6) is 5.75 Å². The molecule has 2 rings (SSSR count). The lowest BCUT2D eigenvalue weighted by molar-refractivity contribution is 0.0927. The van der Waals surface area contributed by atoms with Crippen molar-refractivity contribution >= 4 is 11.8 Å². The SMILES string of the molecule is CCOc1ccc(C(=O)NCCNC(=O)c2cccc(C)c2)cc1. The third-order valence-electron chi connectivity index (χ3n) is 3.40. The van der Waals surface area contributed by atoms with Crippen molar-refractivity contribution in [3.8, 4) is 5.75 Å². The maximum atomic E-state index is 12.0. The van der Waals surface area contributed by atoms with Crippen LogP contribution in [-0.2, 0) is 0 Å². The summed E-state index contributed by atoms with van der Waals surface area (Å²) in [5.74, 6) is 0.413. The van der Waals surface area contributed by atoms with Gasteiger partial charge in [-0.2, -0.15) is 0 Å². The minimum Gasteiger partial charge on any atom is -0.494 e. The first-order valence-electron chi connectivity index (χ1n) is 7.96. The molecule has 0 aliphatic heterocycles. The molecule has 2 amide bonds. The van der Waals surface area contributed by atoms with E-state index in [4.69, 9.17) is 4.74 Å². The van der Waals surface area contributed by atoms with Crippen LogP contribution in [0, 0.1) is 6.92 Å². The maximum absolute atomic E-state index is 12.0. The molecule has 2 N–H and O–H groups in total. The largest absolute Gasteiger partial charge is 0.494 e. The highest BCUT2D eigenvalue weighted by Crippen LogP contribution is 2.11. The summed E-state index contributed by atoms with van der Waals surface area (Å²) in [6.45, 7) is 5.17. The van der Waals surface area contributed by atoms with E-state index in [1.165, 1.54) is 0 Å². The van der Waals surface area contributed by atoms with Crippen LogP contribution in [0.2, 0.25) is 0 Å². The molecule has 0 spiro atoms. The van der Waals surface area contributed by atoms with Gasteiger partial charge in [0.1, 0.15) is 5.75 Å². The predicted octanol–water partition coefficient (Wildman–Crippen LogP) is 2.55. The molecule has 0 atom stereocenters. The van der Waals surface area contributed by atoms with Crippen molar-refractivity contribution in [3.63, 3.8) is 0 Å². The van der Waals surface area contributed by atoms with Gasteiger partial charge in [0, 0.05) is 24.2 Å². The summed E-state index contributed by atoms with van der Waals surface area (Å²) < 4.78 is 5.34. The van der Waals surface area contributed by atoms with Crippen LogP contribution in [-0.4, -0.2) is 31.5 Å². The molecule has 0 unspecified atom stereocenters. The molecule has 0 saturated carbocycles. The molecule has 0 radical (unpaired) electrons. The molecule has 0 aliphatic carbocycles. The second-order valence-corrected chi connectivity index (χ2v) is 5.34. The number of nitrogens with one attached hydrogen (secondary N) is 2. The second-order valence-electron chi connectivity index (χ2n) is 5.34. The molecule has 24 heavy (non-hydrogen) atoms. The zero-order chi connectivity index (χ0) is 17.4. The molecule has 0 aromatic heterocycles. The molecular weight excluding hydrogens is 304 g/mol. The summed E-state index contributed by atoms with van der Waals surface area (Å²) in [4.78, 5) is 24.0. The van der Waals surface area contributed by atoms with Crippen molar-refractivity contribution in [1.82, 2.24) is 10.6 Å². The number of hydrogen-bond donors (Lipinski definition) is 2. The number of carbonyl (C=O) groups excluding carboxylic acids is 2. The third kappa shape index (κ3) is 5.12. The zero-order valence-electron chi connectivity index (χ0n) is 14.0. The highest BCUT2D eigenvalue weighted by molar-refractivity contribution is 5.95. The van der Waals surface area contributed by atoms with E-state index < -0.39 is 0 Å². The smallest absolute Gasteiger partial charge is 0.251 e. The third-order valence-corrected chi connectivity index (χ3v) is 3.40. The number of carbonyl (C=O) groups is 2. The van der Waals surface area contributed by atoms with Crippen LogP contribution in [0.1, 0.15) is 33.2 Å². The fraction of sp³-hybridized carbons (Fsp3) is 0.263. The predicted molar refractivity (Wildman–Crippen MR) is 93.5 cm³/mol. The van der Waals surface area contributed by atoms with Crippen molar-refractivity contribution in [3.05, 3.63) is 65.2 Å². The Kier molecular flexibility index (Phi) is 6.37. The maximum Gasteiger partial charge on any atom is 0.251 e. The van der Waals surface area contributed by atoms with Gasteiger partial charge < -0.3 is 15.4 Å². The van der Waals surface area contributed by atoms with Crippen LogP contribution < -0.4 is 15.4 Å². The lowest BCUT2D eigenvalue weighted by Crippen LogP contribution is -2.34. The van der Waals surface area contributed by atoms with Gasteiger partial charge in [0.15, 0.2) is 0 Å². The first-order chi connectivity index (χ1) is 11.6. The Bertz CT molecular complexity index is 696. The Morgan fingerprint density at radius 1 is 0.917 bits per heavy atom. The van der Waals surface area contributed by atoms with E-state index in [9.17, 15) is 9.59 Å².